The van der Waals surface area contributed by atoms with Crippen LogP contribution in [0.4, 0.5) is 5.95 Å². The molecular formula is C13H13N3O2. The average molecular weight is 243 g/mol. The predicted octanol–water partition coefficient (Wildman–Crippen LogP) is 2.27. The van der Waals surface area contributed by atoms with Crippen LogP contribution in [0, 0.1) is 0 Å². The first-order valence-corrected chi connectivity index (χ1v) is 5.59. The third-order valence-electron chi connectivity index (χ3n) is 2.91. The minimum absolute atomic E-state index is 0.468. The Hall–Kier alpha value is -2.43. The van der Waals surface area contributed by atoms with Gasteiger partial charge in [0, 0.05) is 5.56 Å². The zero-order chi connectivity index (χ0) is 12.5. The van der Waals surface area contributed by atoms with Crippen LogP contribution in [0.1, 0.15) is 5.56 Å². The lowest BCUT2D eigenvalue weighted by atomic mass is 10.2. The molecule has 0 unspecified atom stereocenters. The van der Waals surface area contributed by atoms with Gasteiger partial charge < -0.3 is 19.5 Å². The van der Waals surface area contributed by atoms with Crippen LogP contribution < -0.4 is 10.5 Å². The van der Waals surface area contributed by atoms with Crippen molar-refractivity contribution in [3.05, 3.63) is 42.4 Å². The number of anilines is 1. The first-order chi connectivity index (χ1) is 8.79. The number of benzene rings is 1. The summed E-state index contributed by atoms with van der Waals surface area (Å²) in [6, 6.07) is 7.68. The summed E-state index contributed by atoms with van der Waals surface area (Å²) < 4.78 is 12.3. The van der Waals surface area contributed by atoms with Crippen molar-refractivity contribution < 1.29 is 9.15 Å². The van der Waals surface area contributed by atoms with Crippen molar-refractivity contribution in [2.24, 2.45) is 0 Å². The highest BCUT2D eigenvalue weighted by molar-refractivity contribution is 5.84. The molecule has 0 bridgehead atoms. The van der Waals surface area contributed by atoms with E-state index in [1.807, 2.05) is 28.8 Å². The maximum absolute atomic E-state index is 5.96. The summed E-state index contributed by atoms with van der Waals surface area (Å²) in [6.45, 7) is 0.631. The summed E-state index contributed by atoms with van der Waals surface area (Å²) in [5, 5.41) is 0. The van der Waals surface area contributed by atoms with Gasteiger partial charge >= 0.3 is 0 Å². The number of furan rings is 1. The topological polar surface area (TPSA) is 66.2 Å². The van der Waals surface area contributed by atoms with Crippen molar-refractivity contribution in [1.82, 2.24) is 9.55 Å². The van der Waals surface area contributed by atoms with Crippen LogP contribution in [0.2, 0.25) is 0 Å². The molecule has 0 fully saturated rings. The third kappa shape index (κ3) is 1.60. The molecule has 5 nitrogen and oxygen atoms in total. The van der Waals surface area contributed by atoms with Gasteiger partial charge in [-0.1, -0.05) is 6.07 Å². The van der Waals surface area contributed by atoms with Gasteiger partial charge in [-0.25, -0.2) is 4.98 Å². The molecule has 3 aromatic rings. The number of rotatable bonds is 3. The number of ether oxygens (including phenoxy) is 1. The molecule has 2 heterocycles. The highest BCUT2D eigenvalue weighted by Crippen LogP contribution is 2.27. The highest BCUT2D eigenvalue weighted by atomic mass is 16.5. The lowest BCUT2D eigenvalue weighted by Crippen LogP contribution is -2.03. The first-order valence-electron chi connectivity index (χ1n) is 5.59. The van der Waals surface area contributed by atoms with Crippen LogP contribution in [0.5, 0.6) is 5.75 Å². The van der Waals surface area contributed by atoms with Gasteiger partial charge in [0.25, 0.3) is 0 Å². The van der Waals surface area contributed by atoms with Crippen LogP contribution in [0.3, 0.4) is 0 Å². The number of nitrogens with two attached hydrogens (primary N) is 1. The number of hydrogen-bond acceptors (Lipinski definition) is 4. The van der Waals surface area contributed by atoms with Crippen LogP contribution >= 0.6 is 0 Å². The molecule has 2 aromatic heterocycles. The summed E-state index contributed by atoms with van der Waals surface area (Å²) in [5.41, 5.74) is 8.73. The SMILES string of the molecule is COc1cccc2c1nc(N)n2Cc1ccoc1. The minimum Gasteiger partial charge on any atom is -0.494 e. The molecule has 0 atom stereocenters. The summed E-state index contributed by atoms with van der Waals surface area (Å²) in [5.74, 6) is 1.20. The molecule has 0 saturated carbocycles. The molecular weight excluding hydrogens is 230 g/mol. The van der Waals surface area contributed by atoms with E-state index in [2.05, 4.69) is 4.98 Å². The van der Waals surface area contributed by atoms with Gasteiger partial charge in [0.15, 0.2) is 0 Å². The summed E-state index contributed by atoms with van der Waals surface area (Å²) in [6.07, 6.45) is 3.34. The number of nitrogens with zero attached hydrogens (tertiary/aromatic N) is 2. The molecule has 0 aliphatic rings. The summed E-state index contributed by atoms with van der Waals surface area (Å²) in [7, 11) is 1.63. The number of methoxy groups -OCH3 is 1. The molecule has 0 spiro atoms. The molecule has 3 rings (SSSR count). The van der Waals surface area contributed by atoms with Crippen molar-refractivity contribution >= 4 is 17.0 Å². The van der Waals surface area contributed by atoms with Crippen molar-refractivity contribution in [1.29, 1.82) is 0 Å². The first kappa shape index (κ1) is 10.7. The van der Waals surface area contributed by atoms with E-state index < -0.39 is 0 Å². The third-order valence-corrected chi connectivity index (χ3v) is 2.91. The average Bonchev–Trinajstić information content (AvgIpc) is 2.99. The Morgan fingerprint density at radius 2 is 2.28 bits per heavy atom. The standard InChI is InChI=1S/C13H13N3O2/c1-17-11-4-2-3-10-12(11)15-13(14)16(10)7-9-5-6-18-8-9/h2-6,8H,7H2,1H3,(H2,14,15). The zero-order valence-corrected chi connectivity index (χ0v) is 9.96. The van der Waals surface area contributed by atoms with E-state index in [0.717, 1.165) is 22.3 Å². The van der Waals surface area contributed by atoms with E-state index in [9.17, 15) is 0 Å². The van der Waals surface area contributed by atoms with Crippen molar-refractivity contribution in [3.8, 4) is 5.75 Å². The lowest BCUT2D eigenvalue weighted by molar-refractivity contribution is 0.419. The Morgan fingerprint density at radius 1 is 1.39 bits per heavy atom. The second kappa shape index (κ2) is 4.10. The van der Waals surface area contributed by atoms with Gasteiger partial charge in [-0.15, -0.1) is 0 Å². The summed E-state index contributed by atoms with van der Waals surface area (Å²) in [4.78, 5) is 4.35. The Balaban J connectivity index is 2.14. The highest BCUT2D eigenvalue weighted by Gasteiger charge is 2.12. The Kier molecular flexibility index (Phi) is 2.44. The van der Waals surface area contributed by atoms with Gasteiger partial charge in [0.05, 0.1) is 31.7 Å². The van der Waals surface area contributed by atoms with Gasteiger partial charge in [0.1, 0.15) is 11.3 Å². The smallest absolute Gasteiger partial charge is 0.201 e. The quantitative estimate of drug-likeness (QED) is 0.766. The van der Waals surface area contributed by atoms with Crippen LogP contribution in [0.15, 0.2) is 41.2 Å². The van der Waals surface area contributed by atoms with E-state index in [0.29, 0.717) is 12.5 Å². The molecule has 1 aromatic carbocycles. The fourth-order valence-corrected chi connectivity index (χ4v) is 2.04. The maximum Gasteiger partial charge on any atom is 0.201 e. The maximum atomic E-state index is 5.96. The van der Waals surface area contributed by atoms with Crippen molar-refractivity contribution in [2.45, 2.75) is 6.54 Å². The number of para-hydroxylation sites is 1. The molecule has 0 aliphatic heterocycles. The number of hydrogen-bond donors (Lipinski definition) is 1. The number of aromatic nitrogens is 2. The largest absolute Gasteiger partial charge is 0.494 e. The van der Waals surface area contributed by atoms with E-state index >= 15 is 0 Å². The Morgan fingerprint density at radius 3 is 3.00 bits per heavy atom. The van der Waals surface area contributed by atoms with Crippen LogP contribution in [-0.4, -0.2) is 16.7 Å². The minimum atomic E-state index is 0.468. The summed E-state index contributed by atoms with van der Waals surface area (Å²) >= 11 is 0. The molecule has 92 valence electrons. The number of imidazole rings is 1. The molecule has 0 amide bonds. The van der Waals surface area contributed by atoms with E-state index in [1.165, 1.54) is 0 Å². The van der Waals surface area contributed by atoms with E-state index in [4.69, 9.17) is 14.9 Å². The van der Waals surface area contributed by atoms with Crippen molar-refractivity contribution in [3.63, 3.8) is 0 Å². The van der Waals surface area contributed by atoms with Crippen molar-refractivity contribution in [2.75, 3.05) is 12.8 Å². The lowest BCUT2D eigenvalue weighted by Gasteiger charge is -2.04. The van der Waals surface area contributed by atoms with Crippen LogP contribution in [-0.2, 0) is 6.54 Å². The van der Waals surface area contributed by atoms with Gasteiger partial charge in [-0.05, 0) is 18.2 Å². The fraction of sp³-hybridized carbons (Fsp3) is 0.154. The number of nitrogen functional groups attached to an aromatic ring is 1. The normalized spacial score (nSPS) is 10.9. The zero-order valence-electron chi connectivity index (χ0n) is 9.96. The van der Waals surface area contributed by atoms with Crippen LogP contribution in [0.25, 0.3) is 11.0 Å². The van der Waals surface area contributed by atoms with E-state index in [-0.39, 0.29) is 0 Å². The second-order valence-corrected chi connectivity index (χ2v) is 4.02. The second-order valence-electron chi connectivity index (χ2n) is 4.02. The Bertz CT molecular complexity index is 671. The number of fused-ring (bicyclic) bond motifs is 1. The fourth-order valence-electron chi connectivity index (χ4n) is 2.04. The van der Waals surface area contributed by atoms with Gasteiger partial charge in [-0.2, -0.15) is 0 Å². The predicted molar refractivity (Wildman–Crippen MR) is 68.5 cm³/mol. The monoisotopic (exact) mass is 243 g/mol. The van der Waals surface area contributed by atoms with Gasteiger partial charge in [0.2, 0.25) is 5.95 Å². The molecule has 5 heteroatoms. The molecule has 0 aliphatic carbocycles. The Labute approximate surface area is 104 Å². The molecule has 18 heavy (non-hydrogen) atoms. The molecule has 0 radical (unpaired) electrons. The molecule has 2 N–H and O–H groups in total. The molecule has 0 saturated heterocycles. The van der Waals surface area contributed by atoms with E-state index in [1.54, 1.807) is 19.6 Å². The van der Waals surface area contributed by atoms with Gasteiger partial charge in [-0.3, -0.25) is 0 Å².